The van der Waals surface area contributed by atoms with E-state index in [4.69, 9.17) is 0 Å². The van der Waals surface area contributed by atoms with Gasteiger partial charge in [0, 0.05) is 51.1 Å². The molecule has 10 aromatic rings. The Balaban J connectivity index is 1.18. The van der Waals surface area contributed by atoms with Gasteiger partial charge in [-0.1, -0.05) is 164 Å². The average molecular weight is 844 g/mol. The van der Waals surface area contributed by atoms with Gasteiger partial charge in [0.1, 0.15) is 0 Å². The molecule has 2 heterocycles. The molecule has 0 fully saturated rings. The third-order valence-corrected chi connectivity index (χ3v) is 13.4. The zero-order valence-electron chi connectivity index (χ0n) is 37.0. The highest BCUT2D eigenvalue weighted by Crippen LogP contribution is 2.50. The lowest BCUT2D eigenvalue weighted by atomic mass is 9.43. The highest BCUT2D eigenvalue weighted by atomic mass is 15.2. The molecule has 10 aromatic carbocycles. The summed E-state index contributed by atoms with van der Waals surface area (Å²) in [6, 6.07) is 89.0. The lowest BCUT2D eigenvalue weighted by Crippen LogP contribution is -2.61. The molecular weight excluding hydrogens is 798 g/mol. The number of hydrogen-bond donors (Lipinski definition) is 0. The molecule has 2 aliphatic heterocycles. The van der Waals surface area contributed by atoms with E-state index in [1.165, 1.54) is 77.9 Å². The molecule has 0 amide bonds. The zero-order chi connectivity index (χ0) is 44.1. The minimum absolute atomic E-state index is 0.151. The molecule has 0 unspecified atom stereocenters. The van der Waals surface area contributed by atoms with Crippen LogP contribution >= 0.6 is 0 Å². The van der Waals surface area contributed by atoms with Gasteiger partial charge in [0.05, 0.1) is 0 Å². The van der Waals surface area contributed by atoms with Crippen molar-refractivity contribution in [2.24, 2.45) is 0 Å². The molecular formula is C62H46BN3. The monoisotopic (exact) mass is 843 g/mol. The Morgan fingerprint density at radius 3 is 1.52 bits per heavy atom. The SMILES string of the molecule is Cc1cccc(C)c1-c1cc2c3c(c1)N(c1cccc(-c4ccccc4)c1)c1cc(N(c4ccccc4)c4ccccc4)ccc1B3N(c1cccc(-c3ccccc3)c1)c1ccccc1-2. The molecule has 2 aliphatic rings. The van der Waals surface area contributed by atoms with Crippen LogP contribution in [-0.2, 0) is 0 Å². The van der Waals surface area contributed by atoms with Crippen molar-refractivity contribution in [3.05, 3.63) is 254 Å². The van der Waals surface area contributed by atoms with Gasteiger partial charge in [0.15, 0.2) is 0 Å². The molecule has 4 heteroatoms. The zero-order valence-corrected chi connectivity index (χ0v) is 37.0. The van der Waals surface area contributed by atoms with Crippen molar-refractivity contribution in [1.82, 2.24) is 0 Å². The van der Waals surface area contributed by atoms with Gasteiger partial charge in [-0.15, -0.1) is 0 Å². The Kier molecular flexibility index (Phi) is 9.72. The van der Waals surface area contributed by atoms with Crippen LogP contribution in [-0.4, -0.2) is 6.85 Å². The van der Waals surface area contributed by atoms with E-state index in [0.717, 1.165) is 34.1 Å². The van der Waals surface area contributed by atoms with E-state index < -0.39 is 0 Å². The summed E-state index contributed by atoms with van der Waals surface area (Å²) in [7, 11) is 0. The van der Waals surface area contributed by atoms with Crippen molar-refractivity contribution in [2.75, 3.05) is 14.6 Å². The standard InChI is InChI=1S/C62H46BN3/c1-43-20-17-21-44(2)61(43)49-40-56-55-34-15-16-35-58(55)66(54-33-19-27-48(39-54)46-24-9-4-10-25-46)63-57-37-36-53(64(50-28-11-5-12-29-50)51-30-13-6-14-31-51)42-59(57)65(60(41-49)62(56)63)52-32-18-26-47(38-52)45-22-7-3-8-23-45/h3-42H,1-2H3. The van der Waals surface area contributed by atoms with Crippen molar-refractivity contribution >= 4 is 63.3 Å². The predicted octanol–water partition coefficient (Wildman–Crippen LogP) is 15.5. The van der Waals surface area contributed by atoms with Crippen LogP contribution in [0.5, 0.6) is 0 Å². The number of benzene rings is 10. The fourth-order valence-electron chi connectivity index (χ4n) is 10.5. The molecule has 0 aromatic heterocycles. The second-order valence-corrected chi connectivity index (χ2v) is 17.4. The quantitative estimate of drug-likeness (QED) is 0.141. The maximum absolute atomic E-state index is 2.61. The van der Waals surface area contributed by atoms with Gasteiger partial charge in [-0.2, -0.15) is 0 Å². The fraction of sp³-hybridized carbons (Fsp3) is 0.0323. The molecule has 0 saturated carbocycles. The summed E-state index contributed by atoms with van der Waals surface area (Å²) in [5.74, 6) is 0. The second-order valence-electron chi connectivity index (χ2n) is 17.4. The van der Waals surface area contributed by atoms with Gasteiger partial charge in [-0.25, -0.2) is 0 Å². The van der Waals surface area contributed by atoms with Gasteiger partial charge in [0.25, 0.3) is 0 Å². The molecule has 0 bridgehead atoms. The van der Waals surface area contributed by atoms with Gasteiger partial charge < -0.3 is 14.6 Å². The van der Waals surface area contributed by atoms with E-state index in [0.29, 0.717) is 0 Å². The predicted molar refractivity (Wildman–Crippen MR) is 281 cm³/mol. The molecule has 3 nitrogen and oxygen atoms in total. The van der Waals surface area contributed by atoms with Crippen LogP contribution in [0.4, 0.5) is 45.5 Å². The average Bonchev–Trinajstić information content (AvgIpc) is 3.37. The Morgan fingerprint density at radius 1 is 0.348 bits per heavy atom. The molecule has 0 atom stereocenters. The van der Waals surface area contributed by atoms with Crippen molar-refractivity contribution in [2.45, 2.75) is 13.8 Å². The molecule has 0 radical (unpaired) electrons. The van der Waals surface area contributed by atoms with Gasteiger partial charge in [-0.05, 0) is 154 Å². The van der Waals surface area contributed by atoms with E-state index in [2.05, 4.69) is 271 Å². The maximum Gasteiger partial charge on any atom is 0.333 e. The van der Waals surface area contributed by atoms with Crippen LogP contribution in [0.25, 0.3) is 44.5 Å². The van der Waals surface area contributed by atoms with E-state index in [-0.39, 0.29) is 6.85 Å². The minimum atomic E-state index is -0.151. The summed E-state index contributed by atoms with van der Waals surface area (Å²) in [5, 5.41) is 0. The topological polar surface area (TPSA) is 9.72 Å². The number of nitrogens with zero attached hydrogens (tertiary/aromatic N) is 3. The van der Waals surface area contributed by atoms with Crippen LogP contribution in [0.15, 0.2) is 243 Å². The Bertz CT molecular complexity index is 3350. The molecule has 12 rings (SSSR count). The fourth-order valence-corrected chi connectivity index (χ4v) is 10.5. The second kappa shape index (κ2) is 16.3. The molecule has 0 saturated heterocycles. The molecule has 0 aliphatic carbocycles. The van der Waals surface area contributed by atoms with Gasteiger partial charge in [0.2, 0.25) is 0 Å². The third-order valence-electron chi connectivity index (χ3n) is 13.4. The number of hydrogen-bond acceptors (Lipinski definition) is 3. The third kappa shape index (κ3) is 6.69. The summed E-state index contributed by atoms with van der Waals surface area (Å²) in [5.41, 5.74) is 23.8. The summed E-state index contributed by atoms with van der Waals surface area (Å²) < 4.78 is 0. The molecule has 66 heavy (non-hydrogen) atoms. The Hall–Kier alpha value is -8.34. The van der Waals surface area contributed by atoms with Crippen molar-refractivity contribution in [3.63, 3.8) is 0 Å². The molecule has 0 spiro atoms. The van der Waals surface area contributed by atoms with E-state index >= 15 is 0 Å². The number of fused-ring (bicyclic) bond motifs is 4. The number of rotatable bonds is 8. The van der Waals surface area contributed by atoms with Crippen LogP contribution in [0.1, 0.15) is 11.1 Å². The summed E-state index contributed by atoms with van der Waals surface area (Å²) in [4.78, 5) is 7.54. The highest BCUT2D eigenvalue weighted by Gasteiger charge is 2.45. The first-order valence-corrected chi connectivity index (χ1v) is 22.9. The summed E-state index contributed by atoms with van der Waals surface area (Å²) in [6.45, 7) is 4.34. The van der Waals surface area contributed by atoms with Crippen LogP contribution in [0.2, 0.25) is 0 Å². The number of para-hydroxylation sites is 3. The van der Waals surface area contributed by atoms with Crippen molar-refractivity contribution < 1.29 is 0 Å². The van der Waals surface area contributed by atoms with Gasteiger partial charge >= 0.3 is 6.85 Å². The summed E-state index contributed by atoms with van der Waals surface area (Å²) >= 11 is 0. The van der Waals surface area contributed by atoms with Gasteiger partial charge in [-0.3, -0.25) is 0 Å². The van der Waals surface area contributed by atoms with E-state index in [1.54, 1.807) is 0 Å². The summed E-state index contributed by atoms with van der Waals surface area (Å²) in [6.07, 6.45) is 0. The normalized spacial score (nSPS) is 12.3. The minimum Gasteiger partial charge on any atom is -0.376 e. The van der Waals surface area contributed by atoms with Crippen molar-refractivity contribution in [1.29, 1.82) is 0 Å². The molecule has 0 N–H and O–H groups in total. The van der Waals surface area contributed by atoms with Crippen LogP contribution in [0.3, 0.4) is 0 Å². The lowest BCUT2D eigenvalue weighted by Gasteiger charge is -2.46. The first-order chi connectivity index (χ1) is 32.6. The van der Waals surface area contributed by atoms with Crippen molar-refractivity contribution in [3.8, 4) is 44.5 Å². The largest absolute Gasteiger partial charge is 0.376 e. The van der Waals surface area contributed by atoms with Crippen LogP contribution < -0.4 is 25.5 Å². The van der Waals surface area contributed by atoms with E-state index in [1.807, 2.05) is 0 Å². The van der Waals surface area contributed by atoms with E-state index in [9.17, 15) is 0 Å². The number of anilines is 8. The Labute approximate surface area is 388 Å². The maximum atomic E-state index is 2.61. The lowest BCUT2D eigenvalue weighted by molar-refractivity contribution is 1.24. The number of aryl methyl sites for hydroxylation is 2. The molecule has 312 valence electrons. The highest BCUT2D eigenvalue weighted by molar-refractivity contribution is 6.93. The first-order valence-electron chi connectivity index (χ1n) is 22.9. The van der Waals surface area contributed by atoms with Crippen LogP contribution in [0, 0.1) is 13.8 Å². The Morgan fingerprint density at radius 2 is 0.879 bits per heavy atom. The first kappa shape index (κ1) is 39.3. The smallest absolute Gasteiger partial charge is 0.333 e.